The molecule has 0 heterocycles. The Labute approximate surface area is 216 Å². The Morgan fingerprint density at radius 3 is 2.14 bits per heavy atom. The van der Waals surface area contributed by atoms with Crippen molar-refractivity contribution >= 4 is 27.5 Å². The highest BCUT2D eigenvalue weighted by Gasteiger charge is 2.30. The standard InChI is InChI=1S/C28H41N3O4S/c1-9-21(3)29-27(33)22(4)30(18-23-12-10-11-20(2)17-23)26(32)19-31(36(8,34)35)25-15-13-24(14-16-25)28(5,6)7/h10-17,21-22H,9,18-19H2,1-8H3,(H,29,33)/t21-,22-/m0/s1. The fourth-order valence-corrected chi connectivity index (χ4v) is 4.65. The van der Waals surface area contributed by atoms with Gasteiger partial charge in [0.05, 0.1) is 11.9 Å². The molecule has 2 atom stereocenters. The molecule has 0 bridgehead atoms. The Morgan fingerprint density at radius 1 is 1.03 bits per heavy atom. The lowest BCUT2D eigenvalue weighted by atomic mass is 9.87. The molecule has 2 amide bonds. The second-order valence-corrected chi connectivity index (χ2v) is 12.5. The van der Waals surface area contributed by atoms with E-state index < -0.39 is 28.5 Å². The summed E-state index contributed by atoms with van der Waals surface area (Å²) in [6.45, 7) is 13.5. The first-order valence-electron chi connectivity index (χ1n) is 12.4. The molecule has 0 radical (unpaired) electrons. The largest absolute Gasteiger partial charge is 0.352 e. The van der Waals surface area contributed by atoms with Crippen LogP contribution in [0.4, 0.5) is 5.69 Å². The van der Waals surface area contributed by atoms with Crippen LogP contribution >= 0.6 is 0 Å². The van der Waals surface area contributed by atoms with Crippen LogP contribution in [0.15, 0.2) is 48.5 Å². The lowest BCUT2D eigenvalue weighted by molar-refractivity contribution is -0.139. The average Bonchev–Trinajstić information content (AvgIpc) is 2.79. The summed E-state index contributed by atoms with van der Waals surface area (Å²) >= 11 is 0. The molecule has 0 unspecified atom stereocenters. The summed E-state index contributed by atoms with van der Waals surface area (Å²) in [7, 11) is -3.76. The van der Waals surface area contributed by atoms with E-state index in [2.05, 4.69) is 26.1 Å². The molecule has 0 spiro atoms. The summed E-state index contributed by atoms with van der Waals surface area (Å²) in [6.07, 6.45) is 1.85. The zero-order chi connectivity index (χ0) is 27.3. The molecule has 0 aliphatic rings. The van der Waals surface area contributed by atoms with Crippen molar-refractivity contribution in [2.75, 3.05) is 17.1 Å². The van der Waals surface area contributed by atoms with Gasteiger partial charge in [0.25, 0.3) is 0 Å². The van der Waals surface area contributed by atoms with Gasteiger partial charge in [-0.1, -0.05) is 69.7 Å². The number of nitrogens with one attached hydrogen (secondary N) is 1. The molecule has 0 saturated heterocycles. The molecule has 8 heteroatoms. The van der Waals surface area contributed by atoms with Gasteiger partial charge >= 0.3 is 0 Å². The van der Waals surface area contributed by atoms with Crippen molar-refractivity contribution in [1.29, 1.82) is 0 Å². The highest BCUT2D eigenvalue weighted by atomic mass is 32.2. The molecule has 0 fully saturated rings. The molecule has 7 nitrogen and oxygen atoms in total. The van der Waals surface area contributed by atoms with Crippen LogP contribution in [0.5, 0.6) is 0 Å². The molecule has 198 valence electrons. The first-order valence-corrected chi connectivity index (χ1v) is 14.2. The number of nitrogens with zero attached hydrogens (tertiary/aromatic N) is 2. The molecule has 0 aromatic heterocycles. The van der Waals surface area contributed by atoms with Crippen LogP contribution in [-0.2, 0) is 31.6 Å². The quantitative estimate of drug-likeness (QED) is 0.508. The fraction of sp³-hybridized carbons (Fsp3) is 0.500. The third-order valence-electron chi connectivity index (χ3n) is 6.30. The van der Waals surface area contributed by atoms with Crippen LogP contribution in [0, 0.1) is 6.92 Å². The van der Waals surface area contributed by atoms with Crippen LogP contribution < -0.4 is 9.62 Å². The number of anilines is 1. The number of sulfonamides is 1. The minimum Gasteiger partial charge on any atom is -0.352 e. The number of carbonyl (C=O) groups excluding carboxylic acids is 2. The van der Waals surface area contributed by atoms with Gasteiger partial charge in [0.2, 0.25) is 21.8 Å². The normalized spacial score (nSPS) is 13.6. The van der Waals surface area contributed by atoms with Gasteiger partial charge in [-0.25, -0.2) is 8.42 Å². The zero-order valence-electron chi connectivity index (χ0n) is 22.8. The molecule has 0 saturated carbocycles. The van der Waals surface area contributed by atoms with Gasteiger partial charge in [-0.2, -0.15) is 0 Å². The summed E-state index contributed by atoms with van der Waals surface area (Å²) in [5.74, 6) is -0.723. The number of amides is 2. The minimum atomic E-state index is -3.76. The molecule has 0 aliphatic heterocycles. The van der Waals surface area contributed by atoms with E-state index >= 15 is 0 Å². The van der Waals surface area contributed by atoms with Gasteiger partial charge in [-0.3, -0.25) is 13.9 Å². The van der Waals surface area contributed by atoms with E-state index in [1.54, 1.807) is 19.1 Å². The maximum absolute atomic E-state index is 13.6. The SMILES string of the molecule is CC[C@H](C)NC(=O)[C@H](C)N(Cc1cccc(C)c1)C(=O)CN(c1ccc(C(C)(C)C)cc1)S(C)(=O)=O. The Morgan fingerprint density at radius 2 is 1.64 bits per heavy atom. The van der Waals surface area contributed by atoms with E-state index in [0.29, 0.717) is 5.69 Å². The summed E-state index contributed by atoms with van der Waals surface area (Å²) in [4.78, 5) is 28.0. The van der Waals surface area contributed by atoms with Gasteiger partial charge in [-0.15, -0.1) is 0 Å². The molecule has 2 aromatic carbocycles. The van der Waals surface area contributed by atoms with Gasteiger partial charge in [0.1, 0.15) is 12.6 Å². The summed E-state index contributed by atoms with van der Waals surface area (Å²) < 4.78 is 26.6. The van der Waals surface area contributed by atoms with Crippen molar-refractivity contribution in [1.82, 2.24) is 10.2 Å². The number of rotatable bonds is 10. The number of aryl methyl sites for hydroxylation is 1. The Hall–Kier alpha value is -2.87. The summed E-state index contributed by atoms with van der Waals surface area (Å²) in [6, 6.07) is 14.1. The Kier molecular flexibility index (Phi) is 9.71. The predicted molar refractivity (Wildman–Crippen MR) is 146 cm³/mol. The Bertz CT molecular complexity index is 1150. The van der Waals surface area contributed by atoms with Crippen LogP contribution in [-0.4, -0.2) is 50.0 Å². The first-order chi connectivity index (χ1) is 16.6. The van der Waals surface area contributed by atoms with Gasteiger partial charge in [0.15, 0.2) is 0 Å². The van der Waals surface area contributed by atoms with E-state index in [1.165, 1.54) is 4.90 Å². The van der Waals surface area contributed by atoms with Crippen molar-refractivity contribution in [3.8, 4) is 0 Å². The van der Waals surface area contributed by atoms with Crippen LogP contribution in [0.2, 0.25) is 0 Å². The van der Waals surface area contributed by atoms with Gasteiger partial charge < -0.3 is 10.2 Å². The molecule has 36 heavy (non-hydrogen) atoms. The number of hydrogen-bond acceptors (Lipinski definition) is 4. The van der Waals surface area contributed by atoms with Crippen molar-refractivity contribution < 1.29 is 18.0 Å². The van der Waals surface area contributed by atoms with Gasteiger partial charge in [0, 0.05) is 12.6 Å². The zero-order valence-corrected chi connectivity index (χ0v) is 23.6. The smallest absolute Gasteiger partial charge is 0.244 e. The number of benzene rings is 2. The minimum absolute atomic E-state index is 0.0373. The predicted octanol–water partition coefficient (Wildman–Crippen LogP) is 4.39. The van der Waals surface area contributed by atoms with E-state index in [4.69, 9.17) is 0 Å². The van der Waals surface area contributed by atoms with Crippen LogP contribution in [0.3, 0.4) is 0 Å². The van der Waals surface area contributed by atoms with Gasteiger partial charge in [-0.05, 0) is 55.9 Å². The third-order valence-corrected chi connectivity index (χ3v) is 7.44. The number of carbonyl (C=O) groups is 2. The summed E-state index contributed by atoms with van der Waals surface area (Å²) in [5, 5.41) is 2.93. The molecule has 0 aliphatic carbocycles. The molecule has 2 rings (SSSR count). The molecular formula is C28H41N3O4S. The fourth-order valence-electron chi connectivity index (χ4n) is 3.80. The lowest BCUT2D eigenvalue weighted by Gasteiger charge is -2.32. The highest BCUT2D eigenvalue weighted by molar-refractivity contribution is 7.92. The highest BCUT2D eigenvalue weighted by Crippen LogP contribution is 2.26. The van der Waals surface area contributed by atoms with Crippen molar-refractivity contribution in [2.24, 2.45) is 0 Å². The topological polar surface area (TPSA) is 86.8 Å². The molecule has 2 aromatic rings. The maximum atomic E-state index is 13.6. The monoisotopic (exact) mass is 515 g/mol. The lowest BCUT2D eigenvalue weighted by Crippen LogP contribution is -2.52. The Balaban J connectivity index is 2.40. The van der Waals surface area contributed by atoms with Crippen LogP contribution in [0.1, 0.15) is 64.7 Å². The molecule has 1 N–H and O–H groups in total. The van der Waals surface area contributed by atoms with Crippen LogP contribution in [0.25, 0.3) is 0 Å². The maximum Gasteiger partial charge on any atom is 0.244 e. The summed E-state index contributed by atoms with van der Waals surface area (Å²) in [5.41, 5.74) is 3.28. The van der Waals surface area contributed by atoms with E-state index in [9.17, 15) is 18.0 Å². The van der Waals surface area contributed by atoms with Crippen molar-refractivity contribution in [3.05, 3.63) is 65.2 Å². The van der Waals surface area contributed by atoms with Crippen molar-refractivity contribution in [2.45, 2.75) is 78.9 Å². The number of hydrogen-bond donors (Lipinski definition) is 1. The second kappa shape index (κ2) is 11.9. The van der Waals surface area contributed by atoms with E-state index in [1.807, 2.05) is 57.2 Å². The first kappa shape index (κ1) is 29.4. The van der Waals surface area contributed by atoms with E-state index in [0.717, 1.165) is 33.7 Å². The van der Waals surface area contributed by atoms with E-state index in [-0.39, 0.29) is 23.9 Å². The van der Waals surface area contributed by atoms with Crippen molar-refractivity contribution in [3.63, 3.8) is 0 Å². The molecular weight excluding hydrogens is 474 g/mol. The average molecular weight is 516 g/mol. The second-order valence-electron chi connectivity index (χ2n) is 10.6. The third kappa shape index (κ3) is 8.08.